The van der Waals surface area contributed by atoms with Gasteiger partial charge in [-0.1, -0.05) is 64.2 Å². The van der Waals surface area contributed by atoms with E-state index in [1.54, 1.807) is 0 Å². The minimum atomic E-state index is -0.684. The smallest absolute Gasteiger partial charge is 0.303 e. The van der Waals surface area contributed by atoms with Crippen LogP contribution in [0.1, 0.15) is 96.3 Å². The predicted molar refractivity (Wildman–Crippen MR) is 108 cm³/mol. The van der Waals surface area contributed by atoms with Crippen molar-refractivity contribution in [1.29, 1.82) is 0 Å². The number of carbonyl (C=O) groups excluding carboxylic acids is 2. The van der Waals surface area contributed by atoms with Crippen molar-refractivity contribution in [2.75, 3.05) is 19.6 Å². The number of aliphatic carboxylic acids is 1. The molecule has 0 fully saturated rings. The number of carboxylic acid groups (broad SMARTS) is 1. The molecule has 0 spiro atoms. The summed E-state index contributed by atoms with van der Waals surface area (Å²) >= 11 is 0. The lowest BCUT2D eigenvalue weighted by Crippen LogP contribution is -2.28. The third-order valence-corrected chi connectivity index (χ3v) is 4.57. The van der Waals surface area contributed by atoms with Crippen LogP contribution < -0.4 is 10.6 Å². The van der Waals surface area contributed by atoms with Crippen LogP contribution >= 0.6 is 0 Å². The first-order valence-corrected chi connectivity index (χ1v) is 10.7. The molecule has 1 amide bonds. The highest BCUT2D eigenvalue weighted by Gasteiger charge is 2.00. The number of rotatable bonds is 21. The lowest BCUT2D eigenvalue weighted by molar-refractivity contribution is -0.137. The maximum atomic E-state index is 11.6. The molecule has 3 N–H and O–H groups in total. The molecule has 0 saturated carbocycles. The molecule has 6 heteroatoms. The van der Waals surface area contributed by atoms with Crippen molar-refractivity contribution in [1.82, 2.24) is 10.6 Å². The molecule has 0 saturated heterocycles. The topological polar surface area (TPSA) is 95.5 Å². The van der Waals surface area contributed by atoms with Crippen molar-refractivity contribution >= 4 is 18.2 Å². The molecule has 0 aliphatic carbocycles. The summed E-state index contributed by atoms with van der Waals surface area (Å²) < 4.78 is 0. The van der Waals surface area contributed by atoms with E-state index >= 15 is 0 Å². The summed E-state index contributed by atoms with van der Waals surface area (Å²) in [7, 11) is 0. The first-order valence-electron chi connectivity index (χ1n) is 10.7. The van der Waals surface area contributed by atoms with E-state index in [4.69, 9.17) is 5.11 Å². The molecule has 0 unspecified atom stereocenters. The average Bonchev–Trinajstić information content (AvgIpc) is 2.64. The van der Waals surface area contributed by atoms with Gasteiger partial charge in [0.2, 0.25) is 5.91 Å². The summed E-state index contributed by atoms with van der Waals surface area (Å²) in [5.41, 5.74) is 0. The fourth-order valence-electron chi connectivity index (χ4n) is 2.95. The highest BCUT2D eigenvalue weighted by Crippen LogP contribution is 2.12. The molecule has 0 bridgehead atoms. The number of hydrogen-bond donors (Lipinski definition) is 3. The number of carbonyl (C=O) groups is 2. The molecule has 0 aliphatic heterocycles. The summed E-state index contributed by atoms with van der Waals surface area (Å²) in [6.45, 7) is 1.95. The Morgan fingerprint density at radius 2 is 1.19 bits per heavy atom. The minimum absolute atomic E-state index is 0.0699. The molecule has 27 heavy (non-hydrogen) atoms. The molecule has 0 atom stereocenters. The maximum Gasteiger partial charge on any atom is 0.303 e. The normalized spacial score (nSPS) is 10.7. The van der Waals surface area contributed by atoms with Gasteiger partial charge in [0.1, 0.15) is 0 Å². The molecule has 0 aromatic heterocycles. The fourth-order valence-corrected chi connectivity index (χ4v) is 2.95. The van der Waals surface area contributed by atoms with Crippen molar-refractivity contribution in [3.63, 3.8) is 0 Å². The summed E-state index contributed by atoms with van der Waals surface area (Å²) in [5, 5.41) is 14.5. The molecule has 0 rings (SSSR count). The summed E-state index contributed by atoms with van der Waals surface area (Å²) in [6, 6.07) is 0. The van der Waals surface area contributed by atoms with E-state index in [-0.39, 0.29) is 5.91 Å². The van der Waals surface area contributed by atoms with Crippen molar-refractivity contribution in [3.8, 4) is 0 Å². The number of amides is 1. The Hall–Kier alpha value is -1.43. The van der Waals surface area contributed by atoms with Crippen LogP contribution in [0, 0.1) is 0 Å². The van der Waals surface area contributed by atoms with Gasteiger partial charge in [-0.05, 0) is 12.8 Å². The first kappa shape index (κ1) is 25.6. The van der Waals surface area contributed by atoms with E-state index < -0.39 is 5.97 Å². The number of carboxylic acids is 1. The molecule has 157 valence electrons. The lowest BCUT2D eigenvalue weighted by atomic mass is 10.0. The second-order valence-electron chi connectivity index (χ2n) is 7.13. The van der Waals surface area contributed by atoms with Crippen molar-refractivity contribution in [2.24, 2.45) is 0 Å². The Morgan fingerprint density at radius 1 is 0.667 bits per heavy atom. The Kier molecular flexibility index (Phi) is 19.8. The van der Waals surface area contributed by atoms with Crippen LogP contribution in [0.3, 0.4) is 0 Å². The number of unbranched alkanes of at least 4 members (excludes halogenated alkanes) is 11. The van der Waals surface area contributed by atoms with Gasteiger partial charge in [0.15, 0.2) is 6.29 Å². The third kappa shape index (κ3) is 22.5. The van der Waals surface area contributed by atoms with Crippen LogP contribution in [0.15, 0.2) is 0 Å². The average molecular weight is 384 g/mol. The van der Waals surface area contributed by atoms with Gasteiger partial charge in [0, 0.05) is 38.9 Å². The predicted octanol–water partition coefficient (Wildman–Crippen LogP) is 3.74. The third-order valence-electron chi connectivity index (χ3n) is 4.57. The standard InChI is InChI=1S/C21H39N2O4/c24-19-13-16-22-18-15-20(25)23-17-12-10-8-6-4-2-1-3-5-7-9-11-14-21(26)27/h22H,1-18H2,(H,23,25)(H,26,27). The summed E-state index contributed by atoms with van der Waals surface area (Å²) in [4.78, 5) is 32.0. The maximum absolute atomic E-state index is 11.6. The van der Waals surface area contributed by atoms with Crippen LogP contribution in [0.2, 0.25) is 0 Å². The number of nitrogens with one attached hydrogen (secondary N) is 2. The van der Waals surface area contributed by atoms with Gasteiger partial charge in [-0.25, -0.2) is 0 Å². The van der Waals surface area contributed by atoms with E-state index in [2.05, 4.69) is 10.6 Å². The van der Waals surface area contributed by atoms with Gasteiger partial charge in [-0.2, -0.15) is 0 Å². The second-order valence-corrected chi connectivity index (χ2v) is 7.13. The van der Waals surface area contributed by atoms with Gasteiger partial charge < -0.3 is 15.7 Å². The van der Waals surface area contributed by atoms with Crippen molar-refractivity contribution < 1.29 is 19.5 Å². The summed E-state index contributed by atoms with van der Waals surface area (Å²) in [5.74, 6) is -0.614. The molecule has 6 nitrogen and oxygen atoms in total. The van der Waals surface area contributed by atoms with E-state index in [0.29, 0.717) is 32.4 Å². The zero-order chi connectivity index (χ0) is 20.0. The molecular weight excluding hydrogens is 344 g/mol. The van der Waals surface area contributed by atoms with Gasteiger partial charge in [0.25, 0.3) is 0 Å². The number of hydrogen-bond acceptors (Lipinski definition) is 4. The SMILES string of the molecule is O=[C]CCNCCC(=O)NCCCCCCCCCCCCCCC(=O)O. The summed E-state index contributed by atoms with van der Waals surface area (Å²) in [6.07, 6.45) is 17.0. The van der Waals surface area contributed by atoms with Gasteiger partial charge in [-0.15, -0.1) is 0 Å². The minimum Gasteiger partial charge on any atom is -0.481 e. The molecular formula is C21H39N2O4. The van der Waals surface area contributed by atoms with Crippen molar-refractivity contribution in [3.05, 3.63) is 0 Å². The van der Waals surface area contributed by atoms with Gasteiger partial charge in [-0.3, -0.25) is 14.4 Å². The van der Waals surface area contributed by atoms with Gasteiger partial charge >= 0.3 is 5.97 Å². The van der Waals surface area contributed by atoms with E-state index in [9.17, 15) is 14.4 Å². The first-order chi connectivity index (χ1) is 13.2. The fraction of sp³-hybridized carbons (Fsp3) is 0.857. The molecule has 1 radical (unpaired) electrons. The molecule has 0 aromatic rings. The zero-order valence-electron chi connectivity index (χ0n) is 16.9. The van der Waals surface area contributed by atoms with E-state index in [1.807, 2.05) is 6.29 Å². The van der Waals surface area contributed by atoms with Crippen LogP contribution in [0.4, 0.5) is 0 Å². The highest BCUT2D eigenvalue weighted by molar-refractivity contribution is 5.76. The second kappa shape index (κ2) is 20.9. The Balaban J connectivity index is 3.13. The van der Waals surface area contributed by atoms with E-state index in [0.717, 1.165) is 38.6 Å². The molecule has 0 heterocycles. The zero-order valence-corrected chi connectivity index (χ0v) is 16.9. The van der Waals surface area contributed by atoms with Crippen molar-refractivity contribution in [2.45, 2.75) is 96.3 Å². The van der Waals surface area contributed by atoms with Crippen LogP contribution in [-0.4, -0.2) is 42.9 Å². The Bertz CT molecular complexity index is 375. The molecule has 0 aromatic carbocycles. The van der Waals surface area contributed by atoms with E-state index in [1.165, 1.54) is 44.9 Å². The Labute approximate surface area is 164 Å². The largest absolute Gasteiger partial charge is 0.481 e. The monoisotopic (exact) mass is 383 g/mol. The van der Waals surface area contributed by atoms with Crippen LogP contribution in [0.25, 0.3) is 0 Å². The highest BCUT2D eigenvalue weighted by atomic mass is 16.4. The quantitative estimate of drug-likeness (QED) is 0.262. The lowest BCUT2D eigenvalue weighted by Gasteiger charge is -2.06. The Morgan fingerprint density at radius 3 is 1.70 bits per heavy atom. The van der Waals surface area contributed by atoms with Crippen LogP contribution in [0.5, 0.6) is 0 Å². The molecule has 0 aliphatic rings. The van der Waals surface area contributed by atoms with Gasteiger partial charge in [0.05, 0.1) is 0 Å². The van der Waals surface area contributed by atoms with Crippen LogP contribution in [-0.2, 0) is 14.4 Å².